The van der Waals surface area contributed by atoms with Crippen LogP contribution in [0.2, 0.25) is 0 Å². The highest BCUT2D eigenvalue weighted by atomic mass is 31.1. The number of benzene rings is 5. The molecule has 0 spiro atoms. The predicted molar refractivity (Wildman–Crippen MR) is 170 cm³/mol. The van der Waals surface area contributed by atoms with Crippen LogP contribution in [0.25, 0.3) is 0 Å². The average Bonchev–Trinajstić information content (AvgIpc) is 3.05. The molecule has 8 heteroatoms. The molecule has 214 valence electrons. The van der Waals surface area contributed by atoms with E-state index in [4.69, 9.17) is 4.74 Å². The predicted octanol–water partition coefficient (Wildman–Crippen LogP) is 6.07. The first-order valence-electron chi connectivity index (χ1n) is 13.7. The molecule has 0 fully saturated rings. The van der Waals surface area contributed by atoms with E-state index in [-0.39, 0.29) is 11.3 Å². The molecular weight excluding hydrogens is 559 g/mol. The minimum absolute atomic E-state index is 0.106. The first kappa shape index (κ1) is 29.4. The van der Waals surface area contributed by atoms with E-state index in [0.29, 0.717) is 5.56 Å². The number of hydrogen-bond donors (Lipinski definition) is 1. The van der Waals surface area contributed by atoms with Crippen molar-refractivity contribution in [2.75, 3.05) is 0 Å². The maximum Gasteiger partial charge on any atom is 0.339 e. The third-order valence-electron chi connectivity index (χ3n) is 6.91. The molecule has 0 saturated heterocycles. The number of hydrogen-bond acceptors (Lipinski definition) is 5. The fourth-order valence-corrected chi connectivity index (χ4v) is 7.24. The summed E-state index contributed by atoms with van der Waals surface area (Å²) in [6, 6.07) is 41.7. The Hall–Kier alpha value is -5.13. The van der Waals surface area contributed by atoms with Gasteiger partial charge in [0.1, 0.15) is 6.10 Å². The van der Waals surface area contributed by atoms with Gasteiger partial charge >= 0.3 is 5.97 Å². The van der Waals surface area contributed by atoms with Crippen molar-refractivity contribution in [1.82, 2.24) is 5.32 Å². The van der Waals surface area contributed by atoms with Crippen LogP contribution < -0.4 is 21.2 Å². The molecule has 0 aromatic heterocycles. The smallest absolute Gasteiger partial charge is 0.339 e. The molecule has 43 heavy (non-hydrogen) atoms. The van der Waals surface area contributed by atoms with Gasteiger partial charge in [-0.3, -0.25) is 14.9 Å². The van der Waals surface area contributed by atoms with Crippen LogP contribution in [0, 0.1) is 10.1 Å². The molecule has 1 amide bonds. The molecule has 0 heterocycles. The molecule has 0 aliphatic carbocycles. The highest BCUT2D eigenvalue weighted by Crippen LogP contribution is 2.35. The van der Waals surface area contributed by atoms with Crippen molar-refractivity contribution in [3.05, 3.63) is 166 Å². The van der Waals surface area contributed by atoms with E-state index >= 15 is 0 Å². The molecule has 0 saturated carbocycles. The molecule has 7 nitrogen and oxygen atoms in total. The second-order valence-corrected chi connectivity index (χ2v) is 12.0. The van der Waals surface area contributed by atoms with Gasteiger partial charge in [0.15, 0.2) is 0 Å². The van der Waals surface area contributed by atoms with Gasteiger partial charge in [0.25, 0.3) is 11.6 Å². The van der Waals surface area contributed by atoms with Crippen molar-refractivity contribution in [1.29, 1.82) is 0 Å². The van der Waals surface area contributed by atoms with Gasteiger partial charge < -0.3 is 10.1 Å². The molecule has 5 aromatic carbocycles. The lowest BCUT2D eigenvalue weighted by molar-refractivity contribution is -0.384. The van der Waals surface area contributed by atoms with Gasteiger partial charge in [0, 0.05) is 17.7 Å². The molecule has 5 rings (SSSR count). The zero-order chi connectivity index (χ0) is 30.2. The Labute approximate surface area is 251 Å². The van der Waals surface area contributed by atoms with E-state index in [1.54, 1.807) is 13.0 Å². The second kappa shape index (κ2) is 13.7. The summed E-state index contributed by atoms with van der Waals surface area (Å²) in [6.45, 7) is 1.76. The van der Waals surface area contributed by atoms with E-state index in [2.05, 4.69) is 29.6 Å². The number of nitro benzene ring substituents is 1. The van der Waals surface area contributed by atoms with Gasteiger partial charge in [-0.1, -0.05) is 109 Å². The molecule has 5 aromatic rings. The fourth-order valence-electron chi connectivity index (χ4n) is 4.80. The van der Waals surface area contributed by atoms with Crippen molar-refractivity contribution < 1.29 is 19.2 Å². The fraction of sp³-hybridized carbons (Fsp3) is 0.0857. The standard InChI is InChI=1S/C35H29N2O5P/c1-25(36-34(38)27-21-23-28(24-22-27)37(40)41)33(26-13-5-2-6-14-26)42-35(39)31-19-11-12-20-32(31)43(29-15-7-3-8-16-29)30-17-9-4-10-18-30/h2-25,33H,1H3,(H,36,38)/t25-,33-/m0/s1. The molecule has 0 bridgehead atoms. The van der Waals surface area contributed by atoms with Crippen molar-refractivity contribution in [2.24, 2.45) is 0 Å². The maximum atomic E-state index is 14.0. The number of esters is 1. The van der Waals surface area contributed by atoms with Gasteiger partial charge in [-0.15, -0.1) is 0 Å². The van der Waals surface area contributed by atoms with Crippen LogP contribution in [-0.2, 0) is 4.74 Å². The van der Waals surface area contributed by atoms with E-state index < -0.39 is 36.9 Å². The van der Waals surface area contributed by atoms with Gasteiger partial charge in [-0.05, 0) is 54.5 Å². The largest absolute Gasteiger partial charge is 0.452 e. The number of amides is 1. The Balaban J connectivity index is 1.45. The molecule has 2 atom stereocenters. The lowest BCUT2D eigenvalue weighted by Crippen LogP contribution is -2.39. The number of nitro groups is 1. The van der Waals surface area contributed by atoms with Crippen LogP contribution in [0.3, 0.4) is 0 Å². The van der Waals surface area contributed by atoms with Gasteiger partial charge in [-0.2, -0.15) is 0 Å². The Morgan fingerprint density at radius 2 is 1.23 bits per heavy atom. The van der Waals surface area contributed by atoms with Crippen LogP contribution in [0.5, 0.6) is 0 Å². The third kappa shape index (κ3) is 7.03. The quantitative estimate of drug-likeness (QED) is 0.0925. The summed E-state index contributed by atoms with van der Waals surface area (Å²) in [4.78, 5) is 37.5. The molecule has 0 aliphatic heterocycles. The first-order chi connectivity index (χ1) is 20.9. The molecular formula is C35H29N2O5P. The molecule has 1 N–H and O–H groups in total. The number of carbonyl (C=O) groups is 2. The molecule has 0 unspecified atom stereocenters. The Kier molecular flexibility index (Phi) is 9.35. The summed E-state index contributed by atoms with van der Waals surface area (Å²) >= 11 is 0. The van der Waals surface area contributed by atoms with Gasteiger partial charge in [-0.25, -0.2) is 4.79 Å². The van der Waals surface area contributed by atoms with Crippen molar-refractivity contribution in [3.63, 3.8) is 0 Å². The topological polar surface area (TPSA) is 98.5 Å². The maximum absolute atomic E-state index is 14.0. The monoisotopic (exact) mass is 588 g/mol. The normalized spacial score (nSPS) is 12.2. The molecule has 0 aliphatic rings. The summed E-state index contributed by atoms with van der Waals surface area (Å²) in [5.41, 5.74) is 1.33. The SMILES string of the molecule is C[C@H](NC(=O)c1ccc([N+](=O)[O-])cc1)[C@H](OC(=O)c1ccccc1P(c1ccccc1)c1ccccc1)c1ccccc1. The van der Waals surface area contributed by atoms with Crippen molar-refractivity contribution in [3.8, 4) is 0 Å². The number of rotatable bonds is 10. The highest BCUT2D eigenvalue weighted by Gasteiger charge is 2.29. The number of nitrogens with one attached hydrogen (secondary N) is 1. The number of nitrogens with zero attached hydrogens (tertiary/aromatic N) is 1. The summed E-state index contributed by atoms with van der Waals surface area (Å²) < 4.78 is 6.20. The number of ether oxygens (including phenoxy) is 1. The van der Waals surface area contributed by atoms with Crippen LogP contribution in [-0.4, -0.2) is 22.8 Å². The van der Waals surface area contributed by atoms with Crippen LogP contribution in [0.1, 0.15) is 39.3 Å². The molecule has 0 radical (unpaired) electrons. The van der Waals surface area contributed by atoms with Gasteiger partial charge in [0.2, 0.25) is 0 Å². The summed E-state index contributed by atoms with van der Waals surface area (Å²) in [5.74, 6) is -0.934. The first-order valence-corrected chi connectivity index (χ1v) is 15.1. The number of non-ortho nitro benzene ring substituents is 1. The zero-order valence-corrected chi connectivity index (χ0v) is 24.3. The van der Waals surface area contributed by atoms with E-state index in [1.807, 2.05) is 84.9 Å². The lowest BCUT2D eigenvalue weighted by atomic mass is 10.0. The zero-order valence-electron chi connectivity index (χ0n) is 23.4. The van der Waals surface area contributed by atoms with E-state index in [1.165, 1.54) is 24.3 Å². The Morgan fingerprint density at radius 3 is 1.79 bits per heavy atom. The second-order valence-electron chi connectivity index (χ2n) is 9.83. The number of carbonyl (C=O) groups excluding carboxylic acids is 2. The highest BCUT2D eigenvalue weighted by molar-refractivity contribution is 7.80. The minimum atomic E-state index is -1.06. The average molecular weight is 589 g/mol. The Bertz CT molecular complexity index is 1660. The van der Waals surface area contributed by atoms with E-state index in [9.17, 15) is 19.7 Å². The minimum Gasteiger partial charge on any atom is -0.452 e. The van der Waals surface area contributed by atoms with Crippen LogP contribution >= 0.6 is 7.92 Å². The van der Waals surface area contributed by atoms with Crippen molar-refractivity contribution >= 4 is 41.4 Å². The third-order valence-corrected chi connectivity index (χ3v) is 9.41. The van der Waals surface area contributed by atoms with Crippen LogP contribution in [0.4, 0.5) is 5.69 Å². The summed E-state index contributed by atoms with van der Waals surface area (Å²) in [5, 5.41) is 17.0. The lowest BCUT2D eigenvalue weighted by Gasteiger charge is -2.27. The summed E-state index contributed by atoms with van der Waals surface area (Å²) in [7, 11) is -1.06. The van der Waals surface area contributed by atoms with Crippen LogP contribution in [0.15, 0.2) is 140 Å². The Morgan fingerprint density at radius 1 is 0.721 bits per heavy atom. The van der Waals surface area contributed by atoms with Gasteiger partial charge in [0.05, 0.1) is 16.5 Å². The van der Waals surface area contributed by atoms with Crippen molar-refractivity contribution in [2.45, 2.75) is 19.1 Å². The van der Waals surface area contributed by atoms with E-state index in [0.717, 1.165) is 21.5 Å². The summed E-state index contributed by atoms with van der Waals surface area (Å²) in [6.07, 6.45) is -0.802.